The maximum Gasteiger partial charge on any atom is 0.266 e. The summed E-state index contributed by atoms with van der Waals surface area (Å²) in [7, 11) is 0. The zero-order valence-electron chi connectivity index (χ0n) is 13.1. The van der Waals surface area contributed by atoms with E-state index in [-0.39, 0.29) is 29.0 Å². The Labute approximate surface area is 138 Å². The average molecular weight is 336 g/mol. The second-order valence-corrected chi connectivity index (χ2v) is 6.77. The summed E-state index contributed by atoms with van der Waals surface area (Å²) in [6.45, 7) is 2.77. The Balaban J connectivity index is 1.42. The first-order valence-corrected chi connectivity index (χ1v) is 8.11. The molecule has 1 aromatic rings. The number of oxime groups is 1. The fourth-order valence-corrected chi connectivity index (χ4v) is 3.69. The Bertz CT molecular complexity index is 701. The molecule has 128 valence electrons. The highest BCUT2D eigenvalue weighted by Crippen LogP contribution is 2.38. The molecule has 3 heterocycles. The molecule has 4 rings (SSSR count). The Kier molecular flexibility index (Phi) is 3.75. The topological polar surface area (TPSA) is 51.1 Å². The van der Waals surface area contributed by atoms with Gasteiger partial charge in [-0.05, 0) is 31.0 Å². The number of hydrogen-bond donors (Lipinski definition) is 0. The van der Waals surface area contributed by atoms with Crippen molar-refractivity contribution in [3.05, 3.63) is 35.4 Å². The van der Waals surface area contributed by atoms with Crippen LogP contribution in [0, 0.1) is 17.0 Å². The zero-order valence-corrected chi connectivity index (χ0v) is 13.1. The van der Waals surface area contributed by atoms with Crippen LogP contribution in [0.4, 0.5) is 8.78 Å². The van der Waals surface area contributed by atoms with E-state index in [1.807, 2.05) is 0 Å². The molecule has 0 radical (unpaired) electrons. The molecule has 5 nitrogen and oxygen atoms in total. The summed E-state index contributed by atoms with van der Waals surface area (Å²) in [6, 6.07) is 3.17. The minimum Gasteiger partial charge on any atom is -0.382 e. The number of carbonyl (C=O) groups excluding carboxylic acids is 1. The molecule has 2 fully saturated rings. The Morgan fingerprint density at radius 3 is 3.00 bits per heavy atom. The van der Waals surface area contributed by atoms with E-state index in [9.17, 15) is 13.6 Å². The van der Waals surface area contributed by atoms with Gasteiger partial charge in [0.1, 0.15) is 11.6 Å². The van der Waals surface area contributed by atoms with Crippen LogP contribution in [-0.4, -0.2) is 48.9 Å². The second kappa shape index (κ2) is 5.81. The van der Waals surface area contributed by atoms with Crippen LogP contribution in [0.15, 0.2) is 23.4 Å². The summed E-state index contributed by atoms with van der Waals surface area (Å²) in [5, 5.41) is 3.81. The van der Waals surface area contributed by atoms with Gasteiger partial charge in [-0.25, -0.2) is 8.78 Å². The molecule has 0 bridgehead atoms. The summed E-state index contributed by atoms with van der Waals surface area (Å²) >= 11 is 0. The van der Waals surface area contributed by atoms with Crippen molar-refractivity contribution in [2.75, 3.05) is 26.3 Å². The highest BCUT2D eigenvalue weighted by Gasteiger charge is 2.45. The smallest absolute Gasteiger partial charge is 0.266 e. The summed E-state index contributed by atoms with van der Waals surface area (Å²) in [5.74, 6) is -1.27. The maximum absolute atomic E-state index is 13.8. The number of carbonyl (C=O) groups is 1. The lowest BCUT2D eigenvalue weighted by Gasteiger charge is -2.23. The van der Waals surface area contributed by atoms with E-state index in [4.69, 9.17) is 9.57 Å². The zero-order chi connectivity index (χ0) is 16.7. The third kappa shape index (κ3) is 2.66. The first kappa shape index (κ1) is 15.5. The second-order valence-electron chi connectivity index (χ2n) is 6.77. The summed E-state index contributed by atoms with van der Waals surface area (Å²) in [5.41, 5.74) is 0.392. The van der Waals surface area contributed by atoms with Crippen molar-refractivity contribution in [1.29, 1.82) is 0 Å². The Morgan fingerprint density at radius 1 is 1.33 bits per heavy atom. The lowest BCUT2D eigenvalue weighted by molar-refractivity contribution is -0.141. The van der Waals surface area contributed by atoms with Gasteiger partial charge in [-0.15, -0.1) is 0 Å². The van der Waals surface area contributed by atoms with Gasteiger partial charge in [-0.1, -0.05) is 5.16 Å². The van der Waals surface area contributed by atoms with Crippen LogP contribution in [0.3, 0.4) is 0 Å². The third-order valence-corrected chi connectivity index (χ3v) is 5.12. The van der Waals surface area contributed by atoms with Crippen LogP contribution >= 0.6 is 0 Å². The number of amides is 1. The lowest BCUT2D eigenvalue weighted by atomic mass is 9.87. The largest absolute Gasteiger partial charge is 0.382 e. The standard InChI is InChI=1S/C17H18F2N2O3/c18-11-1-2-13(19)12(7-11)14-8-15(24-20-14)16(22)21-5-3-17(9-21)4-6-23-10-17/h1-2,7,15H,3-6,8-10H2/t15-,17+/m0/s1. The molecule has 0 N–H and O–H groups in total. The number of likely N-dealkylation sites (tertiary alicyclic amines) is 1. The Hall–Kier alpha value is -2.02. The van der Waals surface area contributed by atoms with Crippen LogP contribution in [0.5, 0.6) is 0 Å². The van der Waals surface area contributed by atoms with Crippen molar-refractivity contribution in [2.45, 2.75) is 25.4 Å². The van der Waals surface area contributed by atoms with Gasteiger partial charge < -0.3 is 14.5 Å². The highest BCUT2D eigenvalue weighted by atomic mass is 19.1. The minimum absolute atomic E-state index is 0.0485. The number of nitrogens with zero attached hydrogens (tertiary/aromatic N) is 2. The lowest BCUT2D eigenvalue weighted by Crippen LogP contribution is -2.39. The number of halogens is 2. The number of ether oxygens (including phenoxy) is 1. The number of hydrogen-bond acceptors (Lipinski definition) is 4. The van der Waals surface area contributed by atoms with E-state index in [2.05, 4.69) is 5.16 Å². The highest BCUT2D eigenvalue weighted by molar-refractivity contribution is 6.04. The monoisotopic (exact) mass is 336 g/mol. The van der Waals surface area contributed by atoms with Gasteiger partial charge in [-0.3, -0.25) is 4.79 Å². The summed E-state index contributed by atoms with van der Waals surface area (Å²) in [4.78, 5) is 19.6. The molecular formula is C17H18F2N2O3. The van der Waals surface area contributed by atoms with Crippen molar-refractivity contribution in [3.8, 4) is 0 Å². The number of benzene rings is 1. The van der Waals surface area contributed by atoms with Crippen molar-refractivity contribution >= 4 is 11.6 Å². The van der Waals surface area contributed by atoms with Gasteiger partial charge >= 0.3 is 0 Å². The van der Waals surface area contributed by atoms with E-state index in [1.54, 1.807) is 4.90 Å². The molecule has 0 aromatic heterocycles. The van der Waals surface area contributed by atoms with Gasteiger partial charge in [-0.2, -0.15) is 0 Å². The minimum atomic E-state index is -0.764. The molecule has 0 unspecified atom stereocenters. The van der Waals surface area contributed by atoms with E-state index in [0.717, 1.165) is 37.6 Å². The molecule has 1 amide bonds. The number of rotatable bonds is 2. The molecule has 3 aliphatic heterocycles. The van der Waals surface area contributed by atoms with Crippen molar-refractivity contribution in [3.63, 3.8) is 0 Å². The molecule has 1 aromatic carbocycles. The van der Waals surface area contributed by atoms with E-state index < -0.39 is 17.7 Å². The molecule has 2 saturated heterocycles. The fourth-order valence-electron chi connectivity index (χ4n) is 3.69. The first-order chi connectivity index (χ1) is 11.6. The first-order valence-electron chi connectivity index (χ1n) is 8.11. The average Bonchev–Trinajstić information content (AvgIpc) is 3.31. The van der Waals surface area contributed by atoms with Crippen LogP contribution in [0.1, 0.15) is 24.8 Å². The van der Waals surface area contributed by atoms with Gasteiger partial charge in [0.15, 0.2) is 0 Å². The molecule has 3 aliphatic rings. The van der Waals surface area contributed by atoms with Crippen LogP contribution in [0.2, 0.25) is 0 Å². The van der Waals surface area contributed by atoms with Crippen molar-refractivity contribution in [1.82, 2.24) is 4.90 Å². The molecule has 24 heavy (non-hydrogen) atoms. The Morgan fingerprint density at radius 2 is 2.21 bits per heavy atom. The van der Waals surface area contributed by atoms with Crippen LogP contribution in [0.25, 0.3) is 0 Å². The van der Waals surface area contributed by atoms with Crippen molar-refractivity contribution < 1.29 is 23.1 Å². The molecule has 0 saturated carbocycles. The molecule has 7 heteroatoms. The van der Waals surface area contributed by atoms with Gasteiger partial charge in [0.2, 0.25) is 6.10 Å². The van der Waals surface area contributed by atoms with Crippen LogP contribution < -0.4 is 0 Å². The maximum atomic E-state index is 13.8. The fraction of sp³-hybridized carbons (Fsp3) is 0.529. The predicted molar refractivity (Wildman–Crippen MR) is 81.5 cm³/mol. The summed E-state index contributed by atoms with van der Waals surface area (Å²) in [6.07, 6.45) is 1.29. The van der Waals surface area contributed by atoms with E-state index in [0.29, 0.717) is 19.7 Å². The quantitative estimate of drug-likeness (QED) is 0.831. The SMILES string of the molecule is O=C([C@@H]1CC(c2cc(F)ccc2F)=NO1)N1CC[C@@]2(CCOC2)C1. The third-order valence-electron chi connectivity index (χ3n) is 5.12. The van der Waals surface area contributed by atoms with Gasteiger partial charge in [0.25, 0.3) is 5.91 Å². The van der Waals surface area contributed by atoms with E-state index >= 15 is 0 Å². The van der Waals surface area contributed by atoms with Gasteiger partial charge in [0, 0.05) is 37.1 Å². The van der Waals surface area contributed by atoms with E-state index in [1.165, 1.54) is 0 Å². The van der Waals surface area contributed by atoms with Crippen LogP contribution in [-0.2, 0) is 14.4 Å². The predicted octanol–water partition coefficient (Wildman–Crippen LogP) is 2.10. The molecular weight excluding hydrogens is 318 g/mol. The molecule has 2 atom stereocenters. The van der Waals surface area contributed by atoms with Gasteiger partial charge in [0.05, 0.1) is 12.3 Å². The molecule has 0 aliphatic carbocycles. The van der Waals surface area contributed by atoms with Crippen molar-refractivity contribution in [2.24, 2.45) is 10.6 Å². The summed E-state index contributed by atoms with van der Waals surface area (Å²) < 4.78 is 32.6. The molecule has 1 spiro atoms. The normalized spacial score (nSPS) is 29.2.